The molecule has 5 heteroatoms. The van der Waals surface area contributed by atoms with E-state index in [1.54, 1.807) is 6.92 Å². The highest BCUT2D eigenvalue weighted by Gasteiger charge is 2.15. The molecular formula is C9H10F2N2O. The molecule has 1 unspecified atom stereocenters. The Morgan fingerprint density at radius 1 is 1.64 bits per heavy atom. The fourth-order valence-electron chi connectivity index (χ4n) is 1.19. The minimum Gasteiger partial charge on any atom is -0.370 e. The van der Waals surface area contributed by atoms with Gasteiger partial charge in [-0.2, -0.15) is 0 Å². The Labute approximate surface area is 79.9 Å². The van der Waals surface area contributed by atoms with Gasteiger partial charge < -0.3 is 5.73 Å². The van der Waals surface area contributed by atoms with E-state index in [2.05, 4.69) is 4.98 Å². The molecule has 0 aromatic carbocycles. The fraction of sp³-hybridized carbons (Fsp3) is 0.333. The second-order valence-electron chi connectivity index (χ2n) is 3.09. The molecule has 1 heterocycles. The van der Waals surface area contributed by atoms with E-state index in [-0.39, 0.29) is 12.1 Å². The average Bonchev–Trinajstić information content (AvgIpc) is 2.01. The molecular weight excluding hydrogens is 190 g/mol. The van der Waals surface area contributed by atoms with Crippen LogP contribution in [0.4, 0.5) is 8.78 Å². The third kappa shape index (κ3) is 2.48. The molecule has 2 N–H and O–H groups in total. The molecule has 0 fully saturated rings. The maximum atomic E-state index is 13.1. The number of primary amides is 1. The first-order chi connectivity index (χ1) is 6.50. The molecule has 1 amide bonds. The average molecular weight is 200 g/mol. The van der Waals surface area contributed by atoms with E-state index in [4.69, 9.17) is 5.73 Å². The van der Waals surface area contributed by atoms with E-state index in [1.807, 2.05) is 0 Å². The van der Waals surface area contributed by atoms with Crippen LogP contribution in [0.2, 0.25) is 0 Å². The lowest BCUT2D eigenvalue weighted by Crippen LogP contribution is -2.15. The minimum atomic E-state index is -0.751. The van der Waals surface area contributed by atoms with Crippen molar-refractivity contribution in [3.05, 3.63) is 29.6 Å². The summed E-state index contributed by atoms with van der Waals surface area (Å²) in [5.74, 6) is -2.47. The predicted molar refractivity (Wildman–Crippen MR) is 46.4 cm³/mol. The SMILES string of the molecule is CC(CC(N)=O)c1ncc(F)cc1F. The third-order valence-corrected chi connectivity index (χ3v) is 1.81. The van der Waals surface area contributed by atoms with Crippen molar-refractivity contribution < 1.29 is 13.6 Å². The Kier molecular flexibility index (Phi) is 3.11. The first-order valence-electron chi connectivity index (χ1n) is 4.10. The van der Waals surface area contributed by atoms with E-state index in [0.717, 1.165) is 12.3 Å². The van der Waals surface area contributed by atoms with Crippen molar-refractivity contribution in [3.63, 3.8) is 0 Å². The summed E-state index contributed by atoms with van der Waals surface area (Å²) in [6.07, 6.45) is 0.908. The minimum absolute atomic E-state index is 0.00441. The summed E-state index contributed by atoms with van der Waals surface area (Å²) in [4.78, 5) is 14.1. The maximum absolute atomic E-state index is 13.1. The zero-order valence-electron chi connectivity index (χ0n) is 7.63. The summed E-state index contributed by atoms with van der Waals surface area (Å²) in [5, 5.41) is 0. The van der Waals surface area contributed by atoms with Gasteiger partial charge in [-0.1, -0.05) is 6.92 Å². The maximum Gasteiger partial charge on any atom is 0.218 e. The largest absolute Gasteiger partial charge is 0.370 e. The first kappa shape index (κ1) is 10.6. The van der Waals surface area contributed by atoms with E-state index < -0.39 is 23.5 Å². The molecule has 0 spiro atoms. The van der Waals surface area contributed by atoms with Gasteiger partial charge in [0.15, 0.2) is 0 Å². The molecule has 1 atom stereocenters. The van der Waals surface area contributed by atoms with Gasteiger partial charge in [0, 0.05) is 18.4 Å². The van der Waals surface area contributed by atoms with Crippen molar-refractivity contribution in [1.82, 2.24) is 4.98 Å². The summed E-state index contributed by atoms with van der Waals surface area (Å²) in [7, 11) is 0. The summed E-state index contributed by atoms with van der Waals surface area (Å²) >= 11 is 0. The third-order valence-electron chi connectivity index (χ3n) is 1.81. The van der Waals surface area contributed by atoms with Crippen LogP contribution in [-0.4, -0.2) is 10.9 Å². The number of aromatic nitrogens is 1. The van der Waals surface area contributed by atoms with Crippen molar-refractivity contribution in [2.75, 3.05) is 0 Å². The predicted octanol–water partition coefficient (Wildman–Crippen LogP) is 1.34. The molecule has 0 saturated carbocycles. The number of nitrogens with zero attached hydrogens (tertiary/aromatic N) is 1. The first-order valence-corrected chi connectivity index (χ1v) is 4.10. The number of rotatable bonds is 3. The summed E-state index contributed by atoms with van der Waals surface area (Å²) in [6, 6.07) is 0.736. The van der Waals surface area contributed by atoms with Gasteiger partial charge in [-0.3, -0.25) is 9.78 Å². The van der Waals surface area contributed by atoms with Crippen LogP contribution in [0.3, 0.4) is 0 Å². The summed E-state index contributed by atoms with van der Waals surface area (Å²) < 4.78 is 25.6. The number of carbonyl (C=O) groups excluding carboxylic acids is 1. The summed E-state index contributed by atoms with van der Waals surface area (Å²) in [5.41, 5.74) is 5.01. The van der Waals surface area contributed by atoms with E-state index in [0.29, 0.717) is 0 Å². The molecule has 0 aliphatic heterocycles. The van der Waals surface area contributed by atoms with E-state index in [1.165, 1.54) is 0 Å². The van der Waals surface area contributed by atoms with Crippen LogP contribution in [0, 0.1) is 11.6 Å². The Morgan fingerprint density at radius 3 is 2.79 bits per heavy atom. The lowest BCUT2D eigenvalue weighted by Gasteiger charge is -2.08. The number of amides is 1. The van der Waals surface area contributed by atoms with E-state index in [9.17, 15) is 13.6 Å². The Balaban J connectivity index is 2.90. The van der Waals surface area contributed by atoms with Crippen molar-refractivity contribution in [2.45, 2.75) is 19.3 Å². The Hall–Kier alpha value is -1.52. The van der Waals surface area contributed by atoms with Crippen LogP contribution < -0.4 is 5.73 Å². The quantitative estimate of drug-likeness (QED) is 0.800. The molecule has 1 rings (SSSR count). The standard InChI is InChI=1S/C9H10F2N2O/c1-5(2-8(12)14)9-7(11)3-6(10)4-13-9/h3-5H,2H2,1H3,(H2,12,14). The van der Waals surface area contributed by atoms with Crippen molar-refractivity contribution >= 4 is 5.91 Å². The molecule has 1 aromatic heterocycles. The second-order valence-corrected chi connectivity index (χ2v) is 3.09. The van der Waals surface area contributed by atoms with Crippen molar-refractivity contribution in [1.29, 1.82) is 0 Å². The zero-order chi connectivity index (χ0) is 10.7. The zero-order valence-corrected chi connectivity index (χ0v) is 7.63. The number of hydrogen-bond donors (Lipinski definition) is 1. The van der Waals surface area contributed by atoms with Crippen LogP contribution in [0.5, 0.6) is 0 Å². The molecule has 0 radical (unpaired) electrons. The van der Waals surface area contributed by atoms with Crippen LogP contribution in [0.1, 0.15) is 25.0 Å². The van der Waals surface area contributed by atoms with Crippen LogP contribution in [0.15, 0.2) is 12.3 Å². The topological polar surface area (TPSA) is 56.0 Å². The number of nitrogens with two attached hydrogens (primary N) is 1. The van der Waals surface area contributed by atoms with Crippen LogP contribution in [0.25, 0.3) is 0 Å². The molecule has 0 bridgehead atoms. The molecule has 0 saturated heterocycles. The monoisotopic (exact) mass is 200 g/mol. The highest BCUT2D eigenvalue weighted by atomic mass is 19.1. The van der Waals surface area contributed by atoms with Gasteiger partial charge in [0.25, 0.3) is 0 Å². The molecule has 0 aliphatic carbocycles. The highest BCUT2D eigenvalue weighted by molar-refractivity contribution is 5.74. The Morgan fingerprint density at radius 2 is 2.29 bits per heavy atom. The highest BCUT2D eigenvalue weighted by Crippen LogP contribution is 2.19. The number of carbonyl (C=O) groups is 1. The molecule has 3 nitrogen and oxygen atoms in total. The van der Waals surface area contributed by atoms with Gasteiger partial charge in [-0.15, -0.1) is 0 Å². The van der Waals surface area contributed by atoms with Gasteiger partial charge in [0.2, 0.25) is 5.91 Å². The molecule has 1 aromatic rings. The number of halogens is 2. The van der Waals surface area contributed by atoms with Gasteiger partial charge in [0.1, 0.15) is 11.6 Å². The van der Waals surface area contributed by atoms with Crippen LogP contribution >= 0.6 is 0 Å². The lowest BCUT2D eigenvalue weighted by molar-refractivity contribution is -0.118. The van der Waals surface area contributed by atoms with Crippen molar-refractivity contribution in [2.24, 2.45) is 5.73 Å². The molecule has 0 aliphatic rings. The smallest absolute Gasteiger partial charge is 0.218 e. The Bertz CT molecular complexity index is 355. The van der Waals surface area contributed by atoms with Crippen molar-refractivity contribution in [3.8, 4) is 0 Å². The molecule has 14 heavy (non-hydrogen) atoms. The lowest BCUT2D eigenvalue weighted by atomic mass is 10.0. The summed E-state index contributed by atoms with van der Waals surface area (Å²) in [6.45, 7) is 1.61. The normalized spacial score (nSPS) is 12.5. The second kappa shape index (κ2) is 4.13. The van der Waals surface area contributed by atoms with Gasteiger partial charge in [0.05, 0.1) is 11.9 Å². The van der Waals surface area contributed by atoms with Crippen LogP contribution in [-0.2, 0) is 4.79 Å². The number of pyridine rings is 1. The van der Waals surface area contributed by atoms with E-state index >= 15 is 0 Å². The van der Waals surface area contributed by atoms with Gasteiger partial charge >= 0.3 is 0 Å². The molecule has 76 valence electrons. The fourth-order valence-corrected chi connectivity index (χ4v) is 1.19. The van der Waals surface area contributed by atoms with Gasteiger partial charge in [-0.05, 0) is 0 Å². The number of hydrogen-bond acceptors (Lipinski definition) is 2. The van der Waals surface area contributed by atoms with Gasteiger partial charge in [-0.25, -0.2) is 8.78 Å².